The van der Waals surface area contributed by atoms with Crippen LogP contribution in [0.15, 0.2) is 60.7 Å². The molecule has 0 aliphatic carbocycles. The van der Waals surface area contributed by atoms with E-state index >= 15 is 0 Å². The van der Waals surface area contributed by atoms with Crippen molar-refractivity contribution in [1.29, 1.82) is 0 Å². The number of carbonyl (C=O) groups is 1. The van der Waals surface area contributed by atoms with Crippen LogP contribution in [0.5, 0.6) is 0 Å². The van der Waals surface area contributed by atoms with Crippen LogP contribution in [0.4, 0.5) is 4.79 Å². The number of amides is 2. The van der Waals surface area contributed by atoms with Gasteiger partial charge in [-0.3, -0.25) is 9.99 Å². The Kier molecular flexibility index (Phi) is 9.17. The van der Waals surface area contributed by atoms with Crippen LogP contribution in [0.1, 0.15) is 25.0 Å². The Hall–Kier alpha value is -2.18. The number of carbonyl (C=O) groups excluding carboxylic acids is 1. The van der Waals surface area contributed by atoms with Crippen LogP contribution in [-0.4, -0.2) is 30.4 Å². The summed E-state index contributed by atoms with van der Waals surface area (Å²) in [4.78, 5) is 14.2. The molecule has 0 atom stereocenters. The lowest BCUT2D eigenvalue weighted by atomic mass is 10.2. The number of benzene rings is 2. The number of hydrazine groups is 1. The van der Waals surface area contributed by atoms with Gasteiger partial charge in [0.05, 0.1) is 13.2 Å². The highest BCUT2D eigenvalue weighted by Crippen LogP contribution is 2.48. The van der Waals surface area contributed by atoms with Crippen LogP contribution in [0.25, 0.3) is 0 Å². The predicted molar refractivity (Wildman–Crippen MR) is 110 cm³/mol. The van der Waals surface area contributed by atoms with Crippen molar-refractivity contribution >= 4 is 13.6 Å². The standard InChI is InChI=1S/C20H28N3O4P/c1-3-26-28(25,27-4-2)17-23(16-19-13-9-6-10-14-19)20(24)22-21-15-18-11-7-5-8-12-18/h5-14,21H,3-4,15-17H2,1-2H3,(H,22,24). The van der Waals surface area contributed by atoms with Crippen molar-refractivity contribution in [1.82, 2.24) is 15.8 Å². The van der Waals surface area contributed by atoms with Crippen molar-refractivity contribution in [2.24, 2.45) is 0 Å². The minimum absolute atomic E-state index is 0.136. The highest BCUT2D eigenvalue weighted by molar-refractivity contribution is 7.53. The van der Waals surface area contributed by atoms with Gasteiger partial charge in [-0.1, -0.05) is 60.7 Å². The van der Waals surface area contributed by atoms with Gasteiger partial charge < -0.3 is 13.9 Å². The molecule has 7 nitrogen and oxygen atoms in total. The second kappa shape index (κ2) is 11.6. The van der Waals surface area contributed by atoms with Gasteiger partial charge in [0, 0.05) is 13.1 Å². The first-order chi connectivity index (χ1) is 13.6. The van der Waals surface area contributed by atoms with E-state index in [0.717, 1.165) is 11.1 Å². The fourth-order valence-electron chi connectivity index (χ4n) is 2.61. The van der Waals surface area contributed by atoms with E-state index in [1.54, 1.807) is 13.8 Å². The van der Waals surface area contributed by atoms with Gasteiger partial charge in [-0.05, 0) is 25.0 Å². The summed E-state index contributed by atoms with van der Waals surface area (Å²) in [5, 5.41) is 0. The molecular formula is C20H28N3O4P. The first-order valence-electron chi connectivity index (χ1n) is 9.30. The molecule has 0 bridgehead atoms. The Balaban J connectivity index is 2.05. The zero-order valence-corrected chi connectivity index (χ0v) is 17.2. The van der Waals surface area contributed by atoms with Gasteiger partial charge in [0.15, 0.2) is 0 Å². The molecule has 0 saturated heterocycles. The van der Waals surface area contributed by atoms with Gasteiger partial charge in [0.2, 0.25) is 0 Å². The second-order valence-corrected chi connectivity index (χ2v) is 8.06. The van der Waals surface area contributed by atoms with Crippen LogP contribution < -0.4 is 10.9 Å². The van der Waals surface area contributed by atoms with Crippen molar-refractivity contribution in [3.63, 3.8) is 0 Å². The molecule has 0 fully saturated rings. The molecule has 0 spiro atoms. The van der Waals surface area contributed by atoms with Gasteiger partial charge in [-0.25, -0.2) is 10.2 Å². The first-order valence-corrected chi connectivity index (χ1v) is 11.0. The number of hydrogen-bond donors (Lipinski definition) is 2. The minimum Gasteiger partial charge on any atom is -0.308 e. The van der Waals surface area contributed by atoms with E-state index in [0.29, 0.717) is 6.54 Å². The second-order valence-electron chi connectivity index (χ2n) is 6.04. The fourth-order valence-corrected chi connectivity index (χ4v) is 4.28. The first kappa shape index (κ1) is 22.1. The summed E-state index contributed by atoms with van der Waals surface area (Å²) in [6.45, 7) is 4.72. The lowest BCUT2D eigenvalue weighted by molar-refractivity contribution is 0.178. The van der Waals surface area contributed by atoms with Crippen LogP contribution >= 0.6 is 7.60 Å². The van der Waals surface area contributed by atoms with Crippen molar-refractivity contribution in [2.75, 3.05) is 19.5 Å². The molecule has 8 heteroatoms. The predicted octanol–water partition coefficient (Wildman–Crippen LogP) is 4.13. The molecule has 0 aliphatic rings. The molecule has 0 heterocycles. The SMILES string of the molecule is CCOP(=O)(CN(Cc1ccccc1)C(=O)NNCc1ccccc1)OCC. The lowest BCUT2D eigenvalue weighted by Gasteiger charge is -2.27. The minimum atomic E-state index is -3.42. The summed E-state index contributed by atoms with van der Waals surface area (Å²) in [5.41, 5.74) is 7.52. The molecule has 2 N–H and O–H groups in total. The molecule has 0 radical (unpaired) electrons. The van der Waals surface area contributed by atoms with Gasteiger partial charge >= 0.3 is 13.6 Å². The zero-order chi connectivity index (χ0) is 20.2. The maximum absolute atomic E-state index is 12.9. The lowest BCUT2D eigenvalue weighted by Crippen LogP contribution is -2.46. The summed E-state index contributed by atoms with van der Waals surface area (Å²) in [6, 6.07) is 18.8. The molecule has 0 unspecified atom stereocenters. The van der Waals surface area contributed by atoms with E-state index in [1.807, 2.05) is 60.7 Å². The maximum atomic E-state index is 12.9. The van der Waals surface area contributed by atoms with E-state index in [1.165, 1.54) is 4.90 Å². The van der Waals surface area contributed by atoms with Crippen molar-refractivity contribution < 1.29 is 18.4 Å². The van der Waals surface area contributed by atoms with Crippen LogP contribution in [0, 0.1) is 0 Å². The monoisotopic (exact) mass is 405 g/mol. The zero-order valence-electron chi connectivity index (χ0n) is 16.3. The Bertz CT molecular complexity index is 749. The smallest absolute Gasteiger partial charge is 0.308 e. The molecule has 28 heavy (non-hydrogen) atoms. The Morgan fingerprint density at radius 2 is 1.46 bits per heavy atom. The third-order valence-electron chi connectivity index (χ3n) is 3.83. The highest BCUT2D eigenvalue weighted by Gasteiger charge is 2.30. The van der Waals surface area contributed by atoms with E-state index in [9.17, 15) is 9.36 Å². The van der Waals surface area contributed by atoms with Gasteiger partial charge in [-0.2, -0.15) is 0 Å². The average molecular weight is 405 g/mol. The van der Waals surface area contributed by atoms with Crippen LogP contribution in [0.3, 0.4) is 0 Å². The highest BCUT2D eigenvalue weighted by atomic mass is 31.2. The number of nitrogens with zero attached hydrogens (tertiary/aromatic N) is 1. The normalized spacial score (nSPS) is 11.2. The van der Waals surface area contributed by atoms with Gasteiger partial charge in [0.1, 0.15) is 6.29 Å². The molecule has 0 saturated carbocycles. The molecule has 0 aromatic heterocycles. The number of urea groups is 1. The van der Waals surface area contributed by atoms with E-state index < -0.39 is 13.6 Å². The number of hydrogen-bond acceptors (Lipinski definition) is 5. The van der Waals surface area contributed by atoms with E-state index in [4.69, 9.17) is 9.05 Å². The van der Waals surface area contributed by atoms with E-state index in [2.05, 4.69) is 10.9 Å². The van der Waals surface area contributed by atoms with Crippen molar-refractivity contribution in [3.8, 4) is 0 Å². The summed E-state index contributed by atoms with van der Waals surface area (Å²) in [7, 11) is -3.42. The van der Waals surface area contributed by atoms with Crippen LogP contribution in [-0.2, 0) is 26.7 Å². The number of nitrogens with one attached hydrogen (secondary N) is 2. The summed E-state index contributed by atoms with van der Waals surface area (Å²) < 4.78 is 23.6. The van der Waals surface area contributed by atoms with Gasteiger partial charge in [-0.15, -0.1) is 0 Å². The van der Waals surface area contributed by atoms with E-state index in [-0.39, 0.29) is 26.0 Å². The van der Waals surface area contributed by atoms with Gasteiger partial charge in [0.25, 0.3) is 0 Å². The third-order valence-corrected chi connectivity index (χ3v) is 5.82. The third kappa shape index (κ3) is 7.44. The quantitative estimate of drug-likeness (QED) is 0.434. The van der Waals surface area contributed by atoms with Crippen molar-refractivity contribution in [2.45, 2.75) is 26.9 Å². The molecule has 152 valence electrons. The summed E-state index contributed by atoms with van der Waals surface area (Å²) in [5.74, 6) is 0. The summed E-state index contributed by atoms with van der Waals surface area (Å²) in [6.07, 6.45) is -0.136. The Morgan fingerprint density at radius 3 is 2.00 bits per heavy atom. The molecule has 0 aliphatic heterocycles. The fraction of sp³-hybridized carbons (Fsp3) is 0.350. The van der Waals surface area contributed by atoms with Crippen molar-refractivity contribution in [3.05, 3.63) is 71.8 Å². The Morgan fingerprint density at radius 1 is 0.929 bits per heavy atom. The maximum Gasteiger partial charge on any atom is 0.349 e. The molecule has 2 aromatic rings. The average Bonchev–Trinajstić information content (AvgIpc) is 2.69. The molecule has 2 amide bonds. The topological polar surface area (TPSA) is 79.9 Å². The largest absolute Gasteiger partial charge is 0.349 e. The summed E-state index contributed by atoms with van der Waals surface area (Å²) >= 11 is 0. The molecule has 2 rings (SSSR count). The molecule has 2 aromatic carbocycles. The Labute approximate surface area is 166 Å². The van der Waals surface area contributed by atoms with Crippen LogP contribution in [0.2, 0.25) is 0 Å². The number of rotatable bonds is 11. The molecular weight excluding hydrogens is 377 g/mol.